The van der Waals surface area contributed by atoms with Crippen molar-refractivity contribution in [3.63, 3.8) is 0 Å². The minimum Gasteiger partial charge on any atom is -0.310 e. The summed E-state index contributed by atoms with van der Waals surface area (Å²) in [5.74, 6) is -0.664. The van der Waals surface area contributed by atoms with E-state index in [1.54, 1.807) is 12.1 Å². The summed E-state index contributed by atoms with van der Waals surface area (Å²) in [4.78, 5) is 43.4. The van der Waals surface area contributed by atoms with Crippen LogP contribution < -0.4 is 10.2 Å². The monoisotopic (exact) mass is 546 g/mol. The number of hydrogen-bond donors (Lipinski definition) is 1. The molecule has 2 aromatic carbocycles. The molecular formula is C25H21F3N4O5S. The molecule has 1 aliphatic heterocycles. The van der Waals surface area contributed by atoms with Gasteiger partial charge in [0.05, 0.1) is 17.0 Å². The summed E-state index contributed by atoms with van der Waals surface area (Å²) in [6.07, 6.45) is 1.58. The van der Waals surface area contributed by atoms with Crippen LogP contribution in [0.2, 0.25) is 0 Å². The fourth-order valence-corrected chi connectivity index (χ4v) is 4.63. The van der Waals surface area contributed by atoms with E-state index in [0.29, 0.717) is 17.7 Å². The van der Waals surface area contributed by atoms with Crippen LogP contribution in [0.5, 0.6) is 0 Å². The summed E-state index contributed by atoms with van der Waals surface area (Å²) in [5.41, 5.74) is -4.17. The quantitative estimate of drug-likeness (QED) is 0.449. The first-order valence-electron chi connectivity index (χ1n) is 11.2. The second-order valence-corrected chi connectivity index (χ2v) is 10.4. The number of rotatable bonds is 7. The lowest BCUT2D eigenvalue weighted by atomic mass is 10.1. The number of urea groups is 1. The van der Waals surface area contributed by atoms with Crippen LogP contribution in [0.15, 0.2) is 77.8 Å². The maximum absolute atomic E-state index is 13.1. The van der Waals surface area contributed by atoms with E-state index in [1.165, 1.54) is 18.0 Å². The smallest absolute Gasteiger partial charge is 0.310 e. The number of hydrogen-bond acceptors (Lipinski definition) is 6. The van der Waals surface area contributed by atoms with Gasteiger partial charge in [-0.15, -0.1) is 0 Å². The van der Waals surface area contributed by atoms with E-state index in [1.807, 2.05) is 30.3 Å². The van der Waals surface area contributed by atoms with Crippen molar-refractivity contribution < 1.29 is 36.0 Å². The van der Waals surface area contributed by atoms with E-state index in [2.05, 4.69) is 10.3 Å². The number of sulfone groups is 1. The first kappa shape index (κ1) is 26.8. The summed E-state index contributed by atoms with van der Waals surface area (Å²) in [6, 6.07) is 14.0. The summed E-state index contributed by atoms with van der Waals surface area (Å²) >= 11 is 0. The van der Waals surface area contributed by atoms with Crippen LogP contribution in [0.25, 0.3) is 0 Å². The van der Waals surface area contributed by atoms with Crippen molar-refractivity contribution in [1.29, 1.82) is 0 Å². The standard InChI is InChI=1S/C25H21F3N4O5S/c1-16-23(34)32(19-7-9-20(10-8-19)38(36,37)25(26,27)28)24(35)31(16)15-18-11-12-29-21(13-18)30-22(33)14-17-5-3-2-4-6-17/h2-13,16H,14-15H2,1H3,(H,29,30,33). The highest BCUT2D eigenvalue weighted by molar-refractivity contribution is 7.92. The molecule has 1 aromatic heterocycles. The van der Waals surface area contributed by atoms with E-state index in [9.17, 15) is 36.0 Å². The number of aromatic nitrogens is 1. The fraction of sp³-hybridized carbons (Fsp3) is 0.200. The number of halogens is 3. The average Bonchev–Trinajstić information content (AvgIpc) is 3.07. The highest BCUT2D eigenvalue weighted by atomic mass is 32.2. The number of carbonyl (C=O) groups excluding carboxylic acids is 3. The molecule has 4 rings (SSSR count). The Hall–Kier alpha value is -4.26. The molecule has 0 aliphatic carbocycles. The molecule has 13 heteroatoms. The molecule has 1 N–H and O–H groups in total. The zero-order chi connectivity index (χ0) is 27.7. The fourth-order valence-electron chi connectivity index (χ4n) is 3.86. The van der Waals surface area contributed by atoms with Crippen LogP contribution in [-0.4, -0.2) is 47.7 Å². The number of pyridine rings is 1. The number of amides is 4. The molecule has 0 bridgehead atoms. The number of benzene rings is 2. The van der Waals surface area contributed by atoms with Gasteiger partial charge in [-0.25, -0.2) is 23.1 Å². The number of nitrogens with one attached hydrogen (secondary N) is 1. The van der Waals surface area contributed by atoms with Gasteiger partial charge in [0.25, 0.3) is 15.7 Å². The Kier molecular flexibility index (Phi) is 7.22. The van der Waals surface area contributed by atoms with Gasteiger partial charge in [-0.05, 0) is 54.4 Å². The van der Waals surface area contributed by atoms with Crippen molar-refractivity contribution in [2.75, 3.05) is 10.2 Å². The van der Waals surface area contributed by atoms with Crippen LogP contribution in [0.4, 0.5) is 29.5 Å². The first-order chi connectivity index (χ1) is 17.9. The Morgan fingerprint density at radius 1 is 1.00 bits per heavy atom. The minimum atomic E-state index is -5.57. The summed E-state index contributed by atoms with van der Waals surface area (Å²) in [5, 5.41) is 2.69. The second-order valence-electron chi connectivity index (χ2n) is 8.46. The third-order valence-electron chi connectivity index (χ3n) is 5.84. The maximum Gasteiger partial charge on any atom is 0.501 e. The molecule has 1 unspecified atom stereocenters. The molecule has 0 radical (unpaired) electrons. The van der Waals surface area contributed by atoms with Crippen molar-refractivity contribution >= 4 is 39.2 Å². The van der Waals surface area contributed by atoms with Gasteiger partial charge >= 0.3 is 11.5 Å². The number of carbonyl (C=O) groups is 3. The highest BCUT2D eigenvalue weighted by Crippen LogP contribution is 2.33. The van der Waals surface area contributed by atoms with Crippen molar-refractivity contribution in [2.45, 2.75) is 36.3 Å². The molecule has 1 fully saturated rings. The van der Waals surface area contributed by atoms with Crippen LogP contribution in [0.1, 0.15) is 18.1 Å². The van der Waals surface area contributed by atoms with E-state index in [0.717, 1.165) is 22.6 Å². The SMILES string of the molecule is CC1C(=O)N(c2ccc(S(=O)(=O)C(F)(F)F)cc2)C(=O)N1Cc1ccnc(NC(=O)Cc2ccccc2)c1. The molecule has 2 heterocycles. The normalized spacial score (nSPS) is 16.2. The molecule has 9 nitrogen and oxygen atoms in total. The van der Waals surface area contributed by atoms with Gasteiger partial charge in [0, 0.05) is 12.7 Å². The van der Waals surface area contributed by atoms with Crippen LogP contribution >= 0.6 is 0 Å². The Labute approximate surface area is 215 Å². The Morgan fingerprint density at radius 2 is 1.66 bits per heavy atom. The van der Waals surface area contributed by atoms with Crippen molar-refractivity contribution in [3.8, 4) is 0 Å². The number of anilines is 2. The maximum atomic E-state index is 13.1. The molecule has 0 saturated carbocycles. The lowest BCUT2D eigenvalue weighted by Gasteiger charge is -2.20. The van der Waals surface area contributed by atoms with E-state index < -0.39 is 38.2 Å². The molecule has 4 amide bonds. The highest BCUT2D eigenvalue weighted by Gasteiger charge is 2.47. The Morgan fingerprint density at radius 3 is 2.29 bits per heavy atom. The van der Waals surface area contributed by atoms with E-state index in [-0.39, 0.29) is 30.4 Å². The summed E-state index contributed by atoms with van der Waals surface area (Å²) in [6.45, 7) is 1.47. The van der Waals surface area contributed by atoms with Crippen LogP contribution in [0.3, 0.4) is 0 Å². The van der Waals surface area contributed by atoms with Gasteiger partial charge in [0.2, 0.25) is 5.91 Å². The lowest BCUT2D eigenvalue weighted by molar-refractivity contribution is -0.119. The van der Waals surface area contributed by atoms with Gasteiger partial charge in [-0.1, -0.05) is 30.3 Å². The molecule has 38 heavy (non-hydrogen) atoms. The summed E-state index contributed by atoms with van der Waals surface area (Å²) < 4.78 is 61.6. The predicted molar refractivity (Wildman–Crippen MR) is 131 cm³/mol. The van der Waals surface area contributed by atoms with Gasteiger partial charge in [0.1, 0.15) is 11.9 Å². The Bertz CT molecular complexity index is 1480. The number of imide groups is 1. The molecule has 0 spiro atoms. The molecule has 1 aliphatic rings. The zero-order valence-electron chi connectivity index (χ0n) is 19.8. The zero-order valence-corrected chi connectivity index (χ0v) is 20.7. The van der Waals surface area contributed by atoms with Gasteiger partial charge in [-0.2, -0.15) is 13.2 Å². The van der Waals surface area contributed by atoms with Crippen LogP contribution in [0, 0.1) is 0 Å². The molecular weight excluding hydrogens is 525 g/mol. The number of alkyl halides is 3. The van der Waals surface area contributed by atoms with Gasteiger partial charge < -0.3 is 10.2 Å². The second kappa shape index (κ2) is 10.2. The predicted octanol–water partition coefficient (Wildman–Crippen LogP) is 3.91. The molecule has 3 aromatic rings. The van der Waals surface area contributed by atoms with Crippen molar-refractivity contribution in [1.82, 2.24) is 9.88 Å². The van der Waals surface area contributed by atoms with Crippen molar-refractivity contribution in [3.05, 3.63) is 84.1 Å². The third kappa shape index (κ3) is 5.37. The Balaban J connectivity index is 1.47. The molecule has 1 atom stereocenters. The van der Waals surface area contributed by atoms with Crippen molar-refractivity contribution in [2.24, 2.45) is 0 Å². The van der Waals surface area contributed by atoms with Crippen LogP contribution in [-0.2, 0) is 32.4 Å². The van der Waals surface area contributed by atoms with Gasteiger partial charge in [0.15, 0.2) is 0 Å². The van der Waals surface area contributed by atoms with Gasteiger partial charge in [-0.3, -0.25) is 9.59 Å². The molecule has 1 saturated heterocycles. The first-order valence-corrected chi connectivity index (χ1v) is 12.7. The largest absolute Gasteiger partial charge is 0.501 e. The average molecular weight is 547 g/mol. The topological polar surface area (TPSA) is 117 Å². The molecule has 198 valence electrons. The summed E-state index contributed by atoms with van der Waals surface area (Å²) in [7, 11) is -5.57. The lowest BCUT2D eigenvalue weighted by Crippen LogP contribution is -2.33. The van der Waals surface area contributed by atoms with E-state index >= 15 is 0 Å². The minimum absolute atomic E-state index is 0.0210. The number of nitrogens with zero attached hydrogens (tertiary/aromatic N) is 3. The van der Waals surface area contributed by atoms with E-state index in [4.69, 9.17) is 0 Å². The third-order valence-corrected chi connectivity index (χ3v) is 7.35.